The summed E-state index contributed by atoms with van der Waals surface area (Å²) in [5.74, 6) is -0.539. The van der Waals surface area contributed by atoms with Crippen LogP contribution in [-0.2, 0) is 14.3 Å². The molecular weight excluding hydrogens is 210 g/mol. The number of nitrogens with two attached hydrogens (primary N) is 1. The summed E-state index contributed by atoms with van der Waals surface area (Å²) in [5, 5.41) is 5.81. The summed E-state index contributed by atoms with van der Waals surface area (Å²) in [5.41, 5.74) is 4.87. The highest BCUT2D eigenvalue weighted by Gasteiger charge is 2.01. The van der Waals surface area contributed by atoms with Gasteiger partial charge in [-0.25, -0.2) is 0 Å². The molecule has 0 aliphatic carbocycles. The standard InChI is InChI=1S/C10H21N3O3/c1-8(2)12-4-3-10(15)13-5-6-16-7-9(11)14/h8,12H,3-7H2,1-2H3,(H2,11,14)(H,13,15). The molecule has 0 spiro atoms. The normalized spacial score (nSPS) is 10.4. The van der Waals surface area contributed by atoms with Crippen molar-refractivity contribution < 1.29 is 14.3 Å². The quantitative estimate of drug-likeness (QED) is 0.443. The molecule has 6 nitrogen and oxygen atoms in total. The van der Waals surface area contributed by atoms with E-state index in [1.54, 1.807) is 0 Å². The lowest BCUT2D eigenvalue weighted by atomic mass is 10.3. The van der Waals surface area contributed by atoms with E-state index in [1.165, 1.54) is 0 Å². The first-order valence-electron chi connectivity index (χ1n) is 5.38. The molecular formula is C10H21N3O3. The Kier molecular flexibility index (Phi) is 8.46. The zero-order valence-corrected chi connectivity index (χ0v) is 9.91. The first-order valence-corrected chi connectivity index (χ1v) is 5.38. The van der Waals surface area contributed by atoms with E-state index in [-0.39, 0.29) is 12.5 Å². The van der Waals surface area contributed by atoms with Gasteiger partial charge in [0.15, 0.2) is 0 Å². The van der Waals surface area contributed by atoms with Crippen LogP contribution in [0.25, 0.3) is 0 Å². The fourth-order valence-electron chi connectivity index (χ4n) is 0.998. The number of hydrogen-bond donors (Lipinski definition) is 3. The zero-order valence-electron chi connectivity index (χ0n) is 9.91. The van der Waals surface area contributed by atoms with Gasteiger partial charge in [-0.2, -0.15) is 0 Å². The van der Waals surface area contributed by atoms with Crippen LogP contribution in [0.15, 0.2) is 0 Å². The number of rotatable bonds is 9. The van der Waals surface area contributed by atoms with Crippen molar-refractivity contribution in [1.29, 1.82) is 0 Å². The van der Waals surface area contributed by atoms with Gasteiger partial charge in [0.05, 0.1) is 6.61 Å². The van der Waals surface area contributed by atoms with Gasteiger partial charge in [-0.05, 0) is 0 Å². The van der Waals surface area contributed by atoms with Gasteiger partial charge in [0.2, 0.25) is 11.8 Å². The van der Waals surface area contributed by atoms with Crippen LogP contribution >= 0.6 is 0 Å². The minimum absolute atomic E-state index is 0.0316. The maximum Gasteiger partial charge on any atom is 0.243 e. The zero-order chi connectivity index (χ0) is 12.4. The second kappa shape index (κ2) is 9.11. The van der Waals surface area contributed by atoms with Gasteiger partial charge >= 0.3 is 0 Å². The third-order valence-corrected chi connectivity index (χ3v) is 1.72. The summed E-state index contributed by atoms with van der Waals surface area (Å²) < 4.78 is 4.88. The molecule has 16 heavy (non-hydrogen) atoms. The third-order valence-electron chi connectivity index (χ3n) is 1.72. The average molecular weight is 231 g/mol. The Morgan fingerprint density at radius 2 is 2.00 bits per heavy atom. The van der Waals surface area contributed by atoms with E-state index in [0.29, 0.717) is 32.2 Å². The van der Waals surface area contributed by atoms with Crippen molar-refractivity contribution >= 4 is 11.8 Å². The highest BCUT2D eigenvalue weighted by molar-refractivity contribution is 5.76. The van der Waals surface area contributed by atoms with E-state index in [4.69, 9.17) is 10.5 Å². The fourth-order valence-corrected chi connectivity index (χ4v) is 0.998. The lowest BCUT2D eigenvalue weighted by molar-refractivity contribution is -0.122. The van der Waals surface area contributed by atoms with E-state index < -0.39 is 5.91 Å². The lowest BCUT2D eigenvalue weighted by Crippen LogP contribution is -2.32. The smallest absolute Gasteiger partial charge is 0.243 e. The van der Waals surface area contributed by atoms with E-state index in [9.17, 15) is 9.59 Å². The van der Waals surface area contributed by atoms with Gasteiger partial charge < -0.3 is 21.1 Å². The van der Waals surface area contributed by atoms with Crippen LogP contribution in [0.3, 0.4) is 0 Å². The maximum absolute atomic E-state index is 11.2. The van der Waals surface area contributed by atoms with Gasteiger partial charge in [0.25, 0.3) is 0 Å². The van der Waals surface area contributed by atoms with E-state index in [1.807, 2.05) is 13.8 Å². The molecule has 4 N–H and O–H groups in total. The van der Waals surface area contributed by atoms with Crippen molar-refractivity contribution in [3.05, 3.63) is 0 Å². The Balaban J connectivity index is 3.27. The van der Waals surface area contributed by atoms with Crippen molar-refractivity contribution in [2.45, 2.75) is 26.3 Å². The molecule has 0 aromatic rings. The number of nitrogens with one attached hydrogen (secondary N) is 2. The molecule has 94 valence electrons. The molecule has 0 aromatic heterocycles. The molecule has 0 aliphatic heterocycles. The topological polar surface area (TPSA) is 93.4 Å². The minimum atomic E-state index is -0.507. The Bertz CT molecular complexity index is 219. The summed E-state index contributed by atoms with van der Waals surface area (Å²) in [6.07, 6.45) is 0.438. The van der Waals surface area contributed by atoms with Gasteiger partial charge in [-0.1, -0.05) is 13.8 Å². The fraction of sp³-hybridized carbons (Fsp3) is 0.800. The SMILES string of the molecule is CC(C)NCCC(=O)NCCOCC(N)=O. The van der Waals surface area contributed by atoms with Gasteiger partial charge in [-0.3, -0.25) is 9.59 Å². The first kappa shape index (κ1) is 14.9. The number of ether oxygens (including phenoxy) is 1. The Morgan fingerprint density at radius 1 is 1.31 bits per heavy atom. The van der Waals surface area contributed by atoms with Crippen molar-refractivity contribution in [2.75, 3.05) is 26.3 Å². The molecule has 0 aliphatic rings. The van der Waals surface area contributed by atoms with Crippen molar-refractivity contribution in [3.8, 4) is 0 Å². The summed E-state index contributed by atoms with van der Waals surface area (Å²) in [6, 6.07) is 0.381. The molecule has 0 rings (SSSR count). The summed E-state index contributed by atoms with van der Waals surface area (Å²) in [6.45, 7) is 5.29. The largest absolute Gasteiger partial charge is 0.370 e. The molecule has 0 saturated heterocycles. The predicted octanol–water partition coefficient (Wildman–Crippen LogP) is -1.01. The molecule has 0 unspecified atom stereocenters. The van der Waals surface area contributed by atoms with Gasteiger partial charge in [0, 0.05) is 25.6 Å². The minimum Gasteiger partial charge on any atom is -0.370 e. The molecule has 0 heterocycles. The van der Waals surface area contributed by atoms with Gasteiger partial charge in [0.1, 0.15) is 6.61 Å². The molecule has 0 fully saturated rings. The average Bonchev–Trinajstić information content (AvgIpc) is 2.16. The monoisotopic (exact) mass is 231 g/mol. The molecule has 0 atom stereocenters. The van der Waals surface area contributed by atoms with Crippen LogP contribution in [0.5, 0.6) is 0 Å². The molecule has 6 heteroatoms. The third kappa shape index (κ3) is 10.9. The lowest BCUT2D eigenvalue weighted by Gasteiger charge is -2.08. The molecule has 2 amide bonds. The van der Waals surface area contributed by atoms with E-state index in [2.05, 4.69) is 10.6 Å². The number of amides is 2. The van der Waals surface area contributed by atoms with Crippen molar-refractivity contribution in [2.24, 2.45) is 5.73 Å². The number of hydrogen-bond acceptors (Lipinski definition) is 4. The molecule has 0 aromatic carbocycles. The highest BCUT2D eigenvalue weighted by Crippen LogP contribution is 1.81. The second-order valence-corrected chi connectivity index (χ2v) is 3.73. The Morgan fingerprint density at radius 3 is 2.56 bits per heavy atom. The van der Waals surface area contributed by atoms with Crippen LogP contribution in [0.4, 0.5) is 0 Å². The Hall–Kier alpha value is -1.14. The van der Waals surface area contributed by atoms with Crippen LogP contribution in [0, 0.1) is 0 Å². The number of carbonyl (C=O) groups excluding carboxylic acids is 2. The molecule has 0 saturated carbocycles. The molecule has 0 bridgehead atoms. The molecule has 0 radical (unpaired) electrons. The van der Waals surface area contributed by atoms with Crippen molar-refractivity contribution in [1.82, 2.24) is 10.6 Å². The summed E-state index contributed by atoms with van der Waals surface area (Å²) in [7, 11) is 0. The van der Waals surface area contributed by atoms with Crippen LogP contribution in [-0.4, -0.2) is 44.2 Å². The van der Waals surface area contributed by atoms with Crippen LogP contribution in [0.1, 0.15) is 20.3 Å². The van der Waals surface area contributed by atoms with Crippen molar-refractivity contribution in [3.63, 3.8) is 0 Å². The van der Waals surface area contributed by atoms with Crippen LogP contribution in [0.2, 0.25) is 0 Å². The number of primary amides is 1. The van der Waals surface area contributed by atoms with E-state index in [0.717, 1.165) is 0 Å². The predicted molar refractivity (Wildman–Crippen MR) is 60.8 cm³/mol. The summed E-state index contributed by atoms with van der Waals surface area (Å²) >= 11 is 0. The maximum atomic E-state index is 11.2. The highest BCUT2D eigenvalue weighted by atomic mass is 16.5. The van der Waals surface area contributed by atoms with Crippen LogP contribution < -0.4 is 16.4 Å². The number of carbonyl (C=O) groups is 2. The second-order valence-electron chi connectivity index (χ2n) is 3.73. The first-order chi connectivity index (χ1) is 7.52. The van der Waals surface area contributed by atoms with Gasteiger partial charge in [-0.15, -0.1) is 0 Å². The summed E-state index contributed by atoms with van der Waals surface area (Å²) in [4.78, 5) is 21.5. The Labute approximate surface area is 95.9 Å². The van der Waals surface area contributed by atoms with E-state index >= 15 is 0 Å².